The van der Waals surface area contributed by atoms with Gasteiger partial charge in [0.05, 0.1) is 5.56 Å². The highest BCUT2D eigenvalue weighted by molar-refractivity contribution is 9.10. The van der Waals surface area contributed by atoms with E-state index in [0.29, 0.717) is 23.2 Å². The second-order valence-corrected chi connectivity index (χ2v) is 5.66. The van der Waals surface area contributed by atoms with E-state index < -0.39 is 11.7 Å². The van der Waals surface area contributed by atoms with E-state index >= 15 is 0 Å². The van der Waals surface area contributed by atoms with Gasteiger partial charge in [0.25, 0.3) is 0 Å². The van der Waals surface area contributed by atoms with Gasteiger partial charge in [-0.2, -0.15) is 13.2 Å². The summed E-state index contributed by atoms with van der Waals surface area (Å²) in [7, 11) is 0. The van der Waals surface area contributed by atoms with Crippen LogP contribution in [0.3, 0.4) is 0 Å². The summed E-state index contributed by atoms with van der Waals surface area (Å²) in [6.07, 6.45) is -2.78. The summed E-state index contributed by atoms with van der Waals surface area (Å²) in [6.45, 7) is 1.25. The first kappa shape index (κ1) is 14.8. The van der Waals surface area contributed by atoms with Gasteiger partial charge in [0.2, 0.25) is 0 Å². The van der Waals surface area contributed by atoms with Crippen molar-refractivity contribution in [3.63, 3.8) is 0 Å². The van der Waals surface area contributed by atoms with Crippen molar-refractivity contribution >= 4 is 15.9 Å². The largest absolute Gasteiger partial charge is 0.416 e. The van der Waals surface area contributed by atoms with Crippen molar-refractivity contribution in [2.45, 2.75) is 25.1 Å². The van der Waals surface area contributed by atoms with Crippen LogP contribution in [0.4, 0.5) is 13.2 Å². The topological polar surface area (TPSA) is 35.2 Å². The number of nitrogens with two attached hydrogens (primary N) is 1. The molecule has 2 N–H and O–H groups in total. The molecular formula is C13H15BrF3NO. The molecule has 0 bridgehead atoms. The molecular weight excluding hydrogens is 323 g/mol. The predicted molar refractivity (Wildman–Crippen MR) is 69.6 cm³/mol. The highest BCUT2D eigenvalue weighted by Crippen LogP contribution is 2.35. The third-order valence-corrected chi connectivity index (χ3v) is 3.86. The Kier molecular flexibility index (Phi) is 4.53. The van der Waals surface area contributed by atoms with Crippen LogP contribution in [0, 0.1) is 5.92 Å². The zero-order valence-corrected chi connectivity index (χ0v) is 11.8. The maximum Gasteiger partial charge on any atom is 0.416 e. The van der Waals surface area contributed by atoms with Crippen molar-refractivity contribution in [3.8, 4) is 0 Å². The lowest BCUT2D eigenvalue weighted by molar-refractivity contribution is -0.137. The van der Waals surface area contributed by atoms with E-state index in [-0.39, 0.29) is 12.0 Å². The molecule has 1 atom stereocenters. The Labute approximate surface area is 118 Å². The van der Waals surface area contributed by atoms with Gasteiger partial charge in [0.1, 0.15) is 0 Å². The summed E-state index contributed by atoms with van der Waals surface area (Å²) >= 11 is 3.12. The van der Waals surface area contributed by atoms with Gasteiger partial charge in [-0.05, 0) is 42.5 Å². The molecule has 0 amide bonds. The van der Waals surface area contributed by atoms with Crippen molar-refractivity contribution < 1.29 is 17.9 Å². The highest BCUT2D eigenvalue weighted by atomic mass is 79.9. The maximum absolute atomic E-state index is 12.8. The molecule has 2 rings (SSSR count). The van der Waals surface area contributed by atoms with Crippen LogP contribution in [0.1, 0.15) is 30.0 Å². The van der Waals surface area contributed by atoms with Crippen LogP contribution >= 0.6 is 15.9 Å². The van der Waals surface area contributed by atoms with E-state index in [1.54, 1.807) is 6.07 Å². The Morgan fingerprint density at radius 3 is 2.42 bits per heavy atom. The molecule has 1 aliphatic rings. The van der Waals surface area contributed by atoms with Gasteiger partial charge in [-0.25, -0.2) is 0 Å². The molecule has 0 radical (unpaired) electrons. The van der Waals surface area contributed by atoms with Gasteiger partial charge < -0.3 is 10.5 Å². The molecule has 2 nitrogen and oxygen atoms in total. The van der Waals surface area contributed by atoms with E-state index in [1.165, 1.54) is 0 Å². The standard InChI is InChI=1S/C13H15BrF3NO/c14-11-6-9(5-10(7-11)13(15,16)17)12(18)8-1-3-19-4-2-8/h5-8,12H,1-4,18H2/t12-/m1/s1. The van der Waals surface area contributed by atoms with Crippen molar-refractivity contribution in [2.24, 2.45) is 11.7 Å². The Balaban J connectivity index is 2.26. The first-order valence-corrected chi connectivity index (χ1v) is 6.88. The minimum atomic E-state index is -4.35. The summed E-state index contributed by atoms with van der Waals surface area (Å²) in [4.78, 5) is 0. The number of halogens is 4. The Bertz CT molecular complexity index is 444. The van der Waals surface area contributed by atoms with Crippen molar-refractivity contribution in [3.05, 3.63) is 33.8 Å². The van der Waals surface area contributed by atoms with Crippen molar-refractivity contribution in [2.75, 3.05) is 13.2 Å². The number of alkyl halides is 3. The number of hydrogen-bond donors (Lipinski definition) is 1. The van der Waals surface area contributed by atoms with Crippen LogP contribution in [0.15, 0.2) is 22.7 Å². The molecule has 1 aliphatic heterocycles. The zero-order chi connectivity index (χ0) is 14.0. The van der Waals surface area contributed by atoms with Crippen LogP contribution in [0.25, 0.3) is 0 Å². The summed E-state index contributed by atoms with van der Waals surface area (Å²) in [5.74, 6) is 0.170. The molecule has 19 heavy (non-hydrogen) atoms. The van der Waals surface area contributed by atoms with Gasteiger partial charge in [-0.3, -0.25) is 0 Å². The van der Waals surface area contributed by atoms with Gasteiger partial charge in [-0.15, -0.1) is 0 Å². The van der Waals surface area contributed by atoms with Gasteiger partial charge >= 0.3 is 6.18 Å². The Morgan fingerprint density at radius 1 is 1.21 bits per heavy atom. The SMILES string of the molecule is N[C@@H](c1cc(Br)cc(C(F)(F)F)c1)C1CCOCC1. The minimum Gasteiger partial charge on any atom is -0.381 e. The Hall–Kier alpha value is -0.590. The fourth-order valence-electron chi connectivity index (χ4n) is 2.32. The molecule has 1 fully saturated rings. The third-order valence-electron chi connectivity index (χ3n) is 3.41. The molecule has 1 aromatic carbocycles. The van der Waals surface area contributed by atoms with E-state index in [9.17, 15) is 13.2 Å². The second kappa shape index (κ2) is 5.81. The van der Waals surface area contributed by atoms with Gasteiger partial charge in [0.15, 0.2) is 0 Å². The molecule has 1 heterocycles. The van der Waals surface area contributed by atoms with Crippen molar-refractivity contribution in [1.82, 2.24) is 0 Å². The van der Waals surface area contributed by atoms with Crippen LogP contribution < -0.4 is 5.73 Å². The van der Waals surface area contributed by atoms with Gasteiger partial charge in [0, 0.05) is 23.7 Å². The molecule has 0 aromatic heterocycles. The molecule has 0 saturated carbocycles. The molecule has 106 valence electrons. The van der Waals surface area contributed by atoms with E-state index in [4.69, 9.17) is 10.5 Å². The van der Waals surface area contributed by atoms with Crippen molar-refractivity contribution in [1.29, 1.82) is 0 Å². The smallest absolute Gasteiger partial charge is 0.381 e. The summed E-state index contributed by atoms with van der Waals surface area (Å²) in [5.41, 5.74) is 5.96. The second-order valence-electron chi connectivity index (χ2n) is 4.75. The average molecular weight is 338 g/mol. The van der Waals surface area contributed by atoms with Gasteiger partial charge in [-0.1, -0.05) is 15.9 Å². The van der Waals surface area contributed by atoms with Crippen LogP contribution in [-0.2, 0) is 10.9 Å². The molecule has 0 aliphatic carbocycles. The maximum atomic E-state index is 12.8. The first-order valence-electron chi connectivity index (χ1n) is 6.09. The summed E-state index contributed by atoms with van der Waals surface area (Å²) < 4.78 is 44.0. The normalized spacial score (nSPS) is 19.4. The molecule has 0 spiro atoms. The van der Waals surface area contributed by atoms with E-state index in [1.807, 2.05) is 0 Å². The fourth-order valence-corrected chi connectivity index (χ4v) is 2.83. The van der Waals surface area contributed by atoms with E-state index in [2.05, 4.69) is 15.9 Å². The predicted octanol–water partition coefficient (Wildman–Crippen LogP) is 3.89. The van der Waals surface area contributed by atoms with Crippen LogP contribution in [0.2, 0.25) is 0 Å². The number of hydrogen-bond acceptors (Lipinski definition) is 2. The molecule has 6 heteroatoms. The van der Waals surface area contributed by atoms with Crippen LogP contribution in [0.5, 0.6) is 0 Å². The molecule has 1 aromatic rings. The first-order chi connectivity index (χ1) is 8.88. The lowest BCUT2D eigenvalue weighted by Crippen LogP contribution is -2.27. The number of rotatable bonds is 2. The molecule has 1 saturated heterocycles. The Morgan fingerprint density at radius 2 is 1.84 bits per heavy atom. The third kappa shape index (κ3) is 3.70. The minimum absolute atomic E-state index is 0.170. The lowest BCUT2D eigenvalue weighted by Gasteiger charge is -2.28. The average Bonchev–Trinajstić information content (AvgIpc) is 2.37. The summed E-state index contributed by atoms with van der Waals surface area (Å²) in [6, 6.07) is 3.49. The molecule has 0 unspecified atom stereocenters. The lowest BCUT2D eigenvalue weighted by atomic mass is 9.87. The fraction of sp³-hybridized carbons (Fsp3) is 0.538. The number of ether oxygens (including phenoxy) is 1. The quantitative estimate of drug-likeness (QED) is 0.888. The van der Waals surface area contributed by atoms with Crippen LogP contribution in [-0.4, -0.2) is 13.2 Å². The van der Waals surface area contributed by atoms with E-state index in [0.717, 1.165) is 25.0 Å². The summed E-state index contributed by atoms with van der Waals surface area (Å²) in [5, 5.41) is 0. The highest BCUT2D eigenvalue weighted by Gasteiger charge is 2.32. The monoisotopic (exact) mass is 337 g/mol. The number of benzene rings is 1. The zero-order valence-electron chi connectivity index (χ0n) is 10.2.